The number of aromatic nitrogens is 1. The molecule has 0 bridgehead atoms. The number of nitrogens with zero attached hydrogens (tertiary/aromatic N) is 3. The number of thiazole rings is 1. The molecule has 6 rings (SSSR count). The molecule has 10 nitrogen and oxygen atoms in total. The first-order valence-corrected chi connectivity index (χ1v) is 16.9. The molecular formula is C36H34ClN3O7S. The molecule has 0 radical (unpaired) electrons. The molecule has 248 valence electrons. The van der Waals surface area contributed by atoms with Crippen LogP contribution in [0, 0.1) is 0 Å². The van der Waals surface area contributed by atoms with Gasteiger partial charge < -0.3 is 23.8 Å². The third-order valence-corrected chi connectivity index (χ3v) is 9.07. The second kappa shape index (κ2) is 15.0. The number of hydrogen-bond donors (Lipinski definition) is 0. The highest BCUT2D eigenvalue weighted by atomic mass is 35.5. The monoisotopic (exact) mass is 687 g/mol. The van der Waals surface area contributed by atoms with Crippen LogP contribution in [-0.4, -0.2) is 67.5 Å². The van der Waals surface area contributed by atoms with Crippen LogP contribution in [0.2, 0.25) is 5.02 Å². The van der Waals surface area contributed by atoms with E-state index in [-0.39, 0.29) is 30.3 Å². The molecule has 2 aliphatic rings. The number of fused-ring (bicyclic) bond motifs is 1. The van der Waals surface area contributed by atoms with E-state index in [1.54, 1.807) is 60.4 Å². The van der Waals surface area contributed by atoms with Crippen LogP contribution in [0.25, 0.3) is 11.8 Å². The van der Waals surface area contributed by atoms with Gasteiger partial charge in [-0.15, -0.1) is 0 Å². The molecule has 0 aliphatic carbocycles. The second-order valence-corrected chi connectivity index (χ2v) is 12.3. The fourth-order valence-electron chi connectivity index (χ4n) is 5.60. The van der Waals surface area contributed by atoms with Crippen LogP contribution in [0.1, 0.15) is 36.6 Å². The number of hydrogen-bond acceptors (Lipinski definition) is 9. The van der Waals surface area contributed by atoms with E-state index < -0.39 is 12.0 Å². The van der Waals surface area contributed by atoms with Crippen molar-refractivity contribution in [2.75, 3.05) is 46.1 Å². The number of carbonyl (C=O) groups is 2. The quantitative estimate of drug-likeness (QED) is 0.230. The van der Waals surface area contributed by atoms with E-state index >= 15 is 0 Å². The van der Waals surface area contributed by atoms with E-state index in [0.29, 0.717) is 75.6 Å². The number of morpholine rings is 1. The first kappa shape index (κ1) is 33.2. The summed E-state index contributed by atoms with van der Waals surface area (Å²) in [6, 6.07) is 20.9. The predicted molar refractivity (Wildman–Crippen MR) is 183 cm³/mol. The maximum Gasteiger partial charge on any atom is 0.338 e. The van der Waals surface area contributed by atoms with Gasteiger partial charge >= 0.3 is 5.97 Å². The molecule has 0 unspecified atom stereocenters. The van der Waals surface area contributed by atoms with Crippen molar-refractivity contribution in [3.63, 3.8) is 0 Å². The Bertz CT molecular complexity index is 2020. The minimum atomic E-state index is -0.811. The lowest BCUT2D eigenvalue weighted by Gasteiger charge is -2.26. The Hall–Kier alpha value is -4.71. The van der Waals surface area contributed by atoms with Gasteiger partial charge in [0.2, 0.25) is 0 Å². The summed E-state index contributed by atoms with van der Waals surface area (Å²) in [5, 5.41) is 0.527. The fraction of sp³-hybridized carbons (Fsp3) is 0.278. The highest BCUT2D eigenvalue weighted by Gasteiger charge is 2.35. The van der Waals surface area contributed by atoms with Crippen molar-refractivity contribution in [2.24, 2.45) is 4.99 Å². The van der Waals surface area contributed by atoms with E-state index in [0.717, 1.165) is 5.56 Å². The van der Waals surface area contributed by atoms with Crippen LogP contribution >= 0.6 is 22.9 Å². The molecule has 3 aromatic carbocycles. The molecule has 1 amide bonds. The lowest BCUT2D eigenvalue weighted by molar-refractivity contribution is -0.139. The van der Waals surface area contributed by atoms with E-state index in [2.05, 4.69) is 0 Å². The largest absolute Gasteiger partial charge is 0.490 e. The first-order chi connectivity index (χ1) is 23.4. The van der Waals surface area contributed by atoms with Crippen molar-refractivity contribution >= 4 is 46.6 Å². The smallest absolute Gasteiger partial charge is 0.338 e. The van der Waals surface area contributed by atoms with Gasteiger partial charge in [0.1, 0.15) is 0 Å². The second-order valence-electron chi connectivity index (χ2n) is 10.9. The van der Waals surface area contributed by atoms with Crippen molar-refractivity contribution in [1.29, 1.82) is 0 Å². The Morgan fingerprint density at radius 1 is 0.979 bits per heavy atom. The first-order valence-electron chi connectivity index (χ1n) is 15.7. The molecule has 0 saturated carbocycles. The average molecular weight is 688 g/mol. The SMILES string of the molecule is CCOC(=O)C1=C(c2ccccc2)N=c2s/c(=C/c3ccc(OCC(=O)N4CCOCC4)c(OCC)c3)c(=O)n2[C@H]1c1ccc(Cl)cc1. The van der Waals surface area contributed by atoms with Crippen molar-refractivity contribution in [3.05, 3.63) is 120 Å². The summed E-state index contributed by atoms with van der Waals surface area (Å²) < 4.78 is 24.5. The molecule has 1 saturated heterocycles. The van der Waals surface area contributed by atoms with Crippen LogP contribution in [0.3, 0.4) is 0 Å². The summed E-state index contributed by atoms with van der Waals surface area (Å²) in [5.41, 5.74) is 2.48. The summed E-state index contributed by atoms with van der Waals surface area (Å²) in [6.45, 7) is 6.08. The van der Waals surface area contributed by atoms with Gasteiger partial charge in [-0.3, -0.25) is 14.2 Å². The van der Waals surface area contributed by atoms with Crippen molar-refractivity contribution in [2.45, 2.75) is 19.9 Å². The van der Waals surface area contributed by atoms with E-state index in [9.17, 15) is 14.4 Å². The number of rotatable bonds is 10. The van der Waals surface area contributed by atoms with Gasteiger partial charge in [0.25, 0.3) is 11.5 Å². The van der Waals surface area contributed by atoms with Gasteiger partial charge in [-0.25, -0.2) is 9.79 Å². The Kier molecular flexibility index (Phi) is 10.4. The fourth-order valence-corrected chi connectivity index (χ4v) is 6.72. The number of carbonyl (C=O) groups excluding carboxylic acids is 2. The molecule has 4 aromatic rings. The van der Waals surface area contributed by atoms with Gasteiger partial charge in [0.05, 0.1) is 48.3 Å². The molecule has 3 heterocycles. The van der Waals surface area contributed by atoms with Crippen LogP contribution in [0.4, 0.5) is 0 Å². The minimum absolute atomic E-state index is 0.127. The third kappa shape index (κ3) is 7.08. The lowest BCUT2D eigenvalue weighted by atomic mass is 9.93. The Morgan fingerprint density at radius 3 is 2.44 bits per heavy atom. The molecule has 48 heavy (non-hydrogen) atoms. The number of ether oxygens (including phenoxy) is 4. The summed E-state index contributed by atoms with van der Waals surface area (Å²) in [4.78, 5) is 47.5. The van der Waals surface area contributed by atoms with E-state index in [1.807, 2.05) is 37.3 Å². The molecule has 1 atom stereocenters. The zero-order valence-corrected chi connectivity index (χ0v) is 28.1. The van der Waals surface area contributed by atoms with Gasteiger partial charge in [-0.2, -0.15) is 0 Å². The molecule has 0 N–H and O–H groups in total. The van der Waals surface area contributed by atoms with Gasteiger partial charge in [-0.1, -0.05) is 71.5 Å². The molecular weight excluding hydrogens is 654 g/mol. The topological polar surface area (TPSA) is 109 Å². The maximum atomic E-state index is 14.2. The third-order valence-electron chi connectivity index (χ3n) is 7.84. The standard InChI is InChI=1S/C36H34ClN3O7S/c1-3-45-28-20-23(10-15-27(28)47-22-30(41)39-16-18-44-19-17-39)21-29-34(42)40-33(25-11-13-26(37)14-12-25)31(35(43)46-4-2)32(38-36(40)48-29)24-8-6-5-7-9-24/h5-15,20-21,33H,3-4,16-19,22H2,1-2H3/b29-21+/t33-/m0/s1. The Labute approximate surface area is 286 Å². The van der Waals surface area contributed by atoms with Crippen molar-refractivity contribution in [3.8, 4) is 11.5 Å². The number of esters is 1. The normalized spacial score (nSPS) is 16.3. The van der Waals surface area contributed by atoms with Gasteiger partial charge in [0.15, 0.2) is 22.9 Å². The lowest BCUT2D eigenvalue weighted by Crippen LogP contribution is -2.43. The van der Waals surface area contributed by atoms with Crippen molar-refractivity contribution < 1.29 is 28.5 Å². The number of benzene rings is 3. The summed E-state index contributed by atoms with van der Waals surface area (Å²) in [7, 11) is 0. The molecule has 2 aliphatic heterocycles. The molecule has 1 aromatic heterocycles. The summed E-state index contributed by atoms with van der Waals surface area (Å²) in [5.74, 6) is 0.187. The molecule has 12 heteroatoms. The van der Waals surface area contributed by atoms with Gasteiger partial charge in [0, 0.05) is 23.7 Å². The van der Waals surface area contributed by atoms with E-state index in [1.165, 1.54) is 15.9 Å². The Balaban J connectivity index is 1.43. The van der Waals surface area contributed by atoms with Crippen LogP contribution in [0.15, 0.2) is 88.2 Å². The van der Waals surface area contributed by atoms with Crippen LogP contribution < -0.4 is 24.4 Å². The maximum absolute atomic E-state index is 14.2. The highest BCUT2D eigenvalue weighted by Crippen LogP contribution is 2.35. The van der Waals surface area contributed by atoms with Gasteiger partial charge in [-0.05, 0) is 55.3 Å². The summed E-state index contributed by atoms with van der Waals surface area (Å²) in [6.07, 6.45) is 1.75. The average Bonchev–Trinajstić information content (AvgIpc) is 3.42. The van der Waals surface area contributed by atoms with Crippen LogP contribution in [-0.2, 0) is 19.1 Å². The van der Waals surface area contributed by atoms with Crippen LogP contribution in [0.5, 0.6) is 11.5 Å². The predicted octanol–water partition coefficient (Wildman–Crippen LogP) is 4.23. The minimum Gasteiger partial charge on any atom is -0.490 e. The molecule has 0 spiro atoms. The molecule has 1 fully saturated rings. The Morgan fingerprint density at radius 2 is 1.73 bits per heavy atom. The highest BCUT2D eigenvalue weighted by molar-refractivity contribution is 7.07. The zero-order chi connectivity index (χ0) is 33.6. The van der Waals surface area contributed by atoms with E-state index in [4.69, 9.17) is 35.5 Å². The number of halogens is 1. The summed E-state index contributed by atoms with van der Waals surface area (Å²) >= 11 is 7.45. The zero-order valence-electron chi connectivity index (χ0n) is 26.5. The number of amides is 1. The van der Waals surface area contributed by atoms with Crippen molar-refractivity contribution in [1.82, 2.24) is 9.47 Å².